The molecule has 1 saturated heterocycles. The standard InChI is InChI=1S/C24H31N5O4/c1-16-11-18(23(32-4)13-22(16)31-3)19-14-29-15-20(26-6-5-25-17(2)30)21(12-24(29)27-19)28-7-9-33-10-8-28/h11-15,26H,5-10H2,1-4H3,(H,25,30). The lowest BCUT2D eigenvalue weighted by Gasteiger charge is -2.30. The molecular formula is C24H31N5O4. The third kappa shape index (κ3) is 4.98. The number of ether oxygens (including phenoxy) is 3. The molecule has 1 amide bonds. The summed E-state index contributed by atoms with van der Waals surface area (Å²) in [5.41, 5.74) is 5.64. The van der Waals surface area contributed by atoms with Crippen molar-refractivity contribution in [1.82, 2.24) is 14.7 Å². The Hall–Kier alpha value is -3.46. The number of pyridine rings is 1. The van der Waals surface area contributed by atoms with Crippen LogP contribution in [0.2, 0.25) is 0 Å². The van der Waals surface area contributed by atoms with Gasteiger partial charge in [-0.05, 0) is 18.6 Å². The van der Waals surface area contributed by atoms with Crippen LogP contribution in [-0.2, 0) is 9.53 Å². The summed E-state index contributed by atoms with van der Waals surface area (Å²) >= 11 is 0. The van der Waals surface area contributed by atoms with Gasteiger partial charge in [-0.1, -0.05) is 0 Å². The molecule has 0 bridgehead atoms. The number of anilines is 2. The van der Waals surface area contributed by atoms with E-state index in [1.54, 1.807) is 14.2 Å². The van der Waals surface area contributed by atoms with E-state index >= 15 is 0 Å². The molecular weight excluding hydrogens is 422 g/mol. The second-order valence-electron chi connectivity index (χ2n) is 8.00. The number of hydrogen-bond donors (Lipinski definition) is 2. The minimum atomic E-state index is -0.0383. The molecule has 3 aromatic rings. The van der Waals surface area contributed by atoms with E-state index in [4.69, 9.17) is 19.2 Å². The molecule has 1 aliphatic rings. The van der Waals surface area contributed by atoms with E-state index in [0.717, 1.165) is 52.7 Å². The smallest absolute Gasteiger partial charge is 0.216 e. The lowest BCUT2D eigenvalue weighted by atomic mass is 10.1. The van der Waals surface area contributed by atoms with Crippen molar-refractivity contribution in [3.63, 3.8) is 0 Å². The molecule has 1 fully saturated rings. The van der Waals surface area contributed by atoms with Gasteiger partial charge in [-0.15, -0.1) is 0 Å². The molecule has 3 heterocycles. The zero-order valence-corrected chi connectivity index (χ0v) is 19.6. The number of nitrogens with zero attached hydrogens (tertiary/aromatic N) is 3. The van der Waals surface area contributed by atoms with E-state index in [1.807, 2.05) is 35.9 Å². The number of fused-ring (bicyclic) bond motifs is 1. The first-order chi connectivity index (χ1) is 16.0. The fraction of sp³-hybridized carbons (Fsp3) is 0.417. The predicted octanol–water partition coefficient (Wildman–Crippen LogP) is 2.71. The van der Waals surface area contributed by atoms with Crippen molar-refractivity contribution in [3.8, 4) is 22.8 Å². The van der Waals surface area contributed by atoms with Crippen molar-refractivity contribution in [2.75, 3.05) is 63.8 Å². The number of morpholine rings is 1. The van der Waals surface area contributed by atoms with Crippen LogP contribution in [-0.4, -0.2) is 68.9 Å². The Bertz CT molecular complexity index is 1140. The van der Waals surface area contributed by atoms with Gasteiger partial charge in [0.1, 0.15) is 17.1 Å². The zero-order chi connectivity index (χ0) is 23.4. The van der Waals surface area contributed by atoms with Gasteiger partial charge in [0.15, 0.2) is 0 Å². The number of benzene rings is 1. The molecule has 9 heteroatoms. The van der Waals surface area contributed by atoms with Crippen molar-refractivity contribution < 1.29 is 19.0 Å². The molecule has 0 spiro atoms. The maximum absolute atomic E-state index is 11.2. The van der Waals surface area contributed by atoms with Crippen LogP contribution < -0.4 is 25.0 Å². The number of amides is 1. The molecule has 33 heavy (non-hydrogen) atoms. The van der Waals surface area contributed by atoms with Gasteiger partial charge < -0.3 is 34.1 Å². The fourth-order valence-corrected chi connectivity index (χ4v) is 4.05. The second kappa shape index (κ2) is 9.99. The molecule has 1 aliphatic heterocycles. The highest BCUT2D eigenvalue weighted by atomic mass is 16.5. The highest BCUT2D eigenvalue weighted by Crippen LogP contribution is 2.36. The number of nitrogens with one attached hydrogen (secondary N) is 2. The first kappa shape index (κ1) is 22.7. The molecule has 0 unspecified atom stereocenters. The summed E-state index contributed by atoms with van der Waals surface area (Å²) in [5, 5.41) is 6.29. The van der Waals surface area contributed by atoms with E-state index in [2.05, 4.69) is 21.6 Å². The van der Waals surface area contributed by atoms with Gasteiger partial charge in [-0.3, -0.25) is 4.79 Å². The number of methoxy groups -OCH3 is 2. The Morgan fingerprint density at radius 2 is 1.85 bits per heavy atom. The highest BCUT2D eigenvalue weighted by molar-refractivity contribution is 5.77. The van der Waals surface area contributed by atoms with E-state index < -0.39 is 0 Å². The number of hydrogen-bond acceptors (Lipinski definition) is 7. The van der Waals surface area contributed by atoms with Gasteiger partial charge in [-0.2, -0.15) is 0 Å². The summed E-state index contributed by atoms with van der Waals surface area (Å²) in [6.07, 6.45) is 4.05. The van der Waals surface area contributed by atoms with Crippen LogP contribution in [0.25, 0.3) is 16.9 Å². The molecule has 2 aromatic heterocycles. The maximum atomic E-state index is 11.2. The van der Waals surface area contributed by atoms with Gasteiger partial charge >= 0.3 is 0 Å². The maximum Gasteiger partial charge on any atom is 0.216 e. The van der Waals surface area contributed by atoms with E-state index in [0.29, 0.717) is 32.1 Å². The minimum Gasteiger partial charge on any atom is -0.496 e. The zero-order valence-electron chi connectivity index (χ0n) is 19.6. The average Bonchev–Trinajstić information content (AvgIpc) is 3.24. The molecule has 0 radical (unpaired) electrons. The van der Waals surface area contributed by atoms with Crippen LogP contribution in [0.5, 0.6) is 11.5 Å². The van der Waals surface area contributed by atoms with Crippen LogP contribution >= 0.6 is 0 Å². The Labute approximate surface area is 193 Å². The molecule has 1 aromatic carbocycles. The lowest BCUT2D eigenvalue weighted by molar-refractivity contribution is -0.118. The van der Waals surface area contributed by atoms with Crippen molar-refractivity contribution >= 4 is 22.9 Å². The van der Waals surface area contributed by atoms with E-state index in [1.165, 1.54) is 6.92 Å². The second-order valence-corrected chi connectivity index (χ2v) is 8.00. The van der Waals surface area contributed by atoms with Crippen molar-refractivity contribution in [2.45, 2.75) is 13.8 Å². The first-order valence-electron chi connectivity index (χ1n) is 11.1. The largest absolute Gasteiger partial charge is 0.496 e. The average molecular weight is 454 g/mol. The SMILES string of the molecule is COc1cc(OC)c(-c2cn3cc(NCCNC(C)=O)c(N4CCOCC4)cc3n2)cc1C. The van der Waals surface area contributed by atoms with Crippen LogP contribution in [0.3, 0.4) is 0 Å². The summed E-state index contributed by atoms with van der Waals surface area (Å²) in [6.45, 7) is 7.71. The highest BCUT2D eigenvalue weighted by Gasteiger charge is 2.19. The molecule has 2 N–H and O–H groups in total. The lowest BCUT2D eigenvalue weighted by Crippen LogP contribution is -2.37. The predicted molar refractivity (Wildman–Crippen MR) is 129 cm³/mol. The number of carbonyl (C=O) groups is 1. The van der Waals surface area contributed by atoms with Gasteiger partial charge in [0.2, 0.25) is 5.91 Å². The Kier molecular flexibility index (Phi) is 6.88. The number of imidazole rings is 1. The summed E-state index contributed by atoms with van der Waals surface area (Å²) in [7, 11) is 3.30. The quantitative estimate of drug-likeness (QED) is 0.507. The van der Waals surface area contributed by atoms with E-state index in [-0.39, 0.29) is 5.91 Å². The molecule has 176 valence electrons. The molecule has 0 aliphatic carbocycles. The summed E-state index contributed by atoms with van der Waals surface area (Å²) < 4.78 is 18.6. The number of rotatable bonds is 8. The monoisotopic (exact) mass is 453 g/mol. The first-order valence-corrected chi connectivity index (χ1v) is 11.1. The normalized spacial score (nSPS) is 13.8. The van der Waals surface area contributed by atoms with Gasteiger partial charge in [0.05, 0.1) is 44.5 Å². The van der Waals surface area contributed by atoms with Crippen molar-refractivity contribution in [2.24, 2.45) is 0 Å². The fourth-order valence-electron chi connectivity index (χ4n) is 4.05. The van der Waals surface area contributed by atoms with Gasteiger partial charge in [0, 0.05) is 63.2 Å². The minimum absolute atomic E-state index is 0.0383. The Morgan fingerprint density at radius 1 is 1.09 bits per heavy atom. The van der Waals surface area contributed by atoms with Crippen LogP contribution in [0.15, 0.2) is 30.6 Å². The third-order valence-corrected chi connectivity index (χ3v) is 5.73. The Balaban J connectivity index is 1.72. The number of aryl methyl sites for hydroxylation is 1. The van der Waals surface area contributed by atoms with Crippen LogP contribution in [0.1, 0.15) is 12.5 Å². The number of carbonyl (C=O) groups excluding carboxylic acids is 1. The summed E-state index contributed by atoms with van der Waals surface area (Å²) in [5.74, 6) is 1.45. The Morgan fingerprint density at radius 3 is 2.55 bits per heavy atom. The van der Waals surface area contributed by atoms with Crippen molar-refractivity contribution in [3.05, 3.63) is 36.2 Å². The molecule has 4 rings (SSSR count). The van der Waals surface area contributed by atoms with Gasteiger partial charge in [0.25, 0.3) is 0 Å². The van der Waals surface area contributed by atoms with Crippen molar-refractivity contribution in [1.29, 1.82) is 0 Å². The number of aromatic nitrogens is 2. The van der Waals surface area contributed by atoms with E-state index in [9.17, 15) is 4.79 Å². The molecule has 0 atom stereocenters. The summed E-state index contributed by atoms with van der Waals surface area (Å²) in [6, 6.07) is 6.02. The van der Waals surface area contributed by atoms with Crippen LogP contribution in [0.4, 0.5) is 11.4 Å². The topological polar surface area (TPSA) is 89.4 Å². The summed E-state index contributed by atoms with van der Waals surface area (Å²) in [4.78, 5) is 18.4. The molecule has 0 saturated carbocycles. The third-order valence-electron chi connectivity index (χ3n) is 5.73. The van der Waals surface area contributed by atoms with Gasteiger partial charge in [-0.25, -0.2) is 4.98 Å². The van der Waals surface area contributed by atoms with Crippen LogP contribution in [0, 0.1) is 6.92 Å². The molecule has 9 nitrogen and oxygen atoms in total.